The molecule has 1 aliphatic heterocycles. The number of nitrogens with zero attached hydrogens (tertiary/aromatic N) is 1. The fraction of sp³-hybridized carbons (Fsp3) is 0.520. The van der Waals surface area contributed by atoms with E-state index in [-0.39, 0.29) is 18.6 Å². The van der Waals surface area contributed by atoms with Crippen molar-refractivity contribution in [3.63, 3.8) is 0 Å². The third-order valence-corrected chi connectivity index (χ3v) is 7.04. The van der Waals surface area contributed by atoms with Gasteiger partial charge in [-0.3, -0.25) is 4.90 Å². The van der Waals surface area contributed by atoms with Crippen LogP contribution < -0.4 is 4.74 Å². The summed E-state index contributed by atoms with van der Waals surface area (Å²) in [5, 5.41) is 32.0. The van der Waals surface area contributed by atoms with Crippen molar-refractivity contribution in [1.82, 2.24) is 4.90 Å². The van der Waals surface area contributed by atoms with Crippen LogP contribution in [-0.4, -0.2) is 57.7 Å². The molecule has 2 fully saturated rings. The van der Waals surface area contributed by atoms with Gasteiger partial charge in [-0.2, -0.15) is 0 Å². The molecule has 0 aromatic heterocycles. The van der Waals surface area contributed by atoms with E-state index in [4.69, 9.17) is 16.3 Å². The van der Waals surface area contributed by atoms with Gasteiger partial charge in [0.2, 0.25) is 0 Å². The van der Waals surface area contributed by atoms with Crippen molar-refractivity contribution in [3.05, 3.63) is 64.7 Å². The average molecular weight is 446 g/mol. The maximum Gasteiger partial charge on any atom is 0.119 e. The van der Waals surface area contributed by atoms with Crippen LogP contribution >= 0.6 is 11.6 Å². The summed E-state index contributed by atoms with van der Waals surface area (Å²) in [7, 11) is 0. The van der Waals surface area contributed by atoms with Gasteiger partial charge in [0.25, 0.3) is 0 Å². The fourth-order valence-corrected chi connectivity index (χ4v) is 5.02. The summed E-state index contributed by atoms with van der Waals surface area (Å²) in [6, 6.07) is 15.1. The highest BCUT2D eigenvalue weighted by Gasteiger charge is 2.40. The van der Waals surface area contributed by atoms with Crippen LogP contribution in [0.1, 0.15) is 49.1 Å². The summed E-state index contributed by atoms with van der Waals surface area (Å²) in [5.74, 6) is 0.690. The maximum absolute atomic E-state index is 10.8. The molecule has 1 heterocycles. The summed E-state index contributed by atoms with van der Waals surface area (Å²) in [6.07, 6.45) is 4.28. The van der Waals surface area contributed by atoms with Crippen molar-refractivity contribution < 1.29 is 20.1 Å². The van der Waals surface area contributed by atoms with Gasteiger partial charge in [0.05, 0.1) is 24.4 Å². The molecule has 3 atom stereocenters. The van der Waals surface area contributed by atoms with E-state index in [1.807, 2.05) is 48.5 Å². The van der Waals surface area contributed by atoms with Crippen LogP contribution in [0.4, 0.5) is 0 Å². The lowest BCUT2D eigenvalue weighted by Crippen LogP contribution is -2.38. The number of benzene rings is 2. The lowest BCUT2D eigenvalue weighted by atomic mass is 9.85. The normalized spacial score (nSPS) is 26.1. The molecule has 1 saturated carbocycles. The lowest BCUT2D eigenvalue weighted by Gasteiger charge is -2.31. The Morgan fingerprint density at radius 3 is 2.32 bits per heavy atom. The fourth-order valence-electron chi connectivity index (χ4n) is 4.90. The minimum atomic E-state index is -0.701. The van der Waals surface area contributed by atoms with Gasteiger partial charge < -0.3 is 20.1 Å². The van der Waals surface area contributed by atoms with Crippen LogP contribution in [0.5, 0.6) is 5.75 Å². The van der Waals surface area contributed by atoms with E-state index in [9.17, 15) is 15.3 Å². The molecule has 2 aromatic rings. The molecule has 0 bridgehead atoms. The zero-order valence-corrected chi connectivity index (χ0v) is 18.5. The number of aliphatic hydroxyl groups excluding tert-OH is 2. The smallest absolute Gasteiger partial charge is 0.119 e. The van der Waals surface area contributed by atoms with E-state index < -0.39 is 11.7 Å². The van der Waals surface area contributed by atoms with Gasteiger partial charge in [-0.1, -0.05) is 55.1 Å². The van der Waals surface area contributed by atoms with Crippen LogP contribution in [0.2, 0.25) is 5.02 Å². The van der Waals surface area contributed by atoms with E-state index in [1.165, 1.54) is 6.42 Å². The van der Waals surface area contributed by atoms with Gasteiger partial charge in [0.1, 0.15) is 12.4 Å². The monoisotopic (exact) mass is 445 g/mol. The molecule has 5 nitrogen and oxygen atoms in total. The van der Waals surface area contributed by atoms with Crippen LogP contribution in [0.3, 0.4) is 0 Å². The van der Waals surface area contributed by atoms with Crippen LogP contribution in [0.15, 0.2) is 48.5 Å². The molecule has 168 valence electrons. The Morgan fingerprint density at radius 1 is 1.00 bits per heavy atom. The Balaban J connectivity index is 1.37. The summed E-state index contributed by atoms with van der Waals surface area (Å²) < 4.78 is 5.86. The highest BCUT2D eigenvalue weighted by atomic mass is 35.5. The van der Waals surface area contributed by atoms with Crippen molar-refractivity contribution in [3.8, 4) is 5.75 Å². The van der Waals surface area contributed by atoms with Gasteiger partial charge in [-0.25, -0.2) is 0 Å². The van der Waals surface area contributed by atoms with E-state index in [0.29, 0.717) is 24.7 Å². The zero-order chi connectivity index (χ0) is 21.8. The van der Waals surface area contributed by atoms with Crippen LogP contribution in [-0.2, 0) is 6.54 Å². The SMILES string of the molecule is OC[C@@H]1[C@H](O)[C@@H](c2ccc(Cl)cc2)CN1Cc1ccc(OCC2(O)CCCCC2)cc1. The number of hydrogen-bond donors (Lipinski definition) is 3. The summed E-state index contributed by atoms with van der Waals surface area (Å²) in [6.45, 7) is 1.54. The van der Waals surface area contributed by atoms with E-state index >= 15 is 0 Å². The van der Waals surface area contributed by atoms with E-state index in [2.05, 4.69) is 4.90 Å². The quantitative estimate of drug-likeness (QED) is 0.605. The Kier molecular flexibility index (Phi) is 7.19. The third kappa shape index (κ3) is 5.41. The largest absolute Gasteiger partial charge is 0.491 e. The van der Waals surface area contributed by atoms with Crippen molar-refractivity contribution in [2.45, 2.75) is 62.3 Å². The first-order valence-corrected chi connectivity index (χ1v) is 11.6. The number of ether oxygens (including phenoxy) is 1. The first-order chi connectivity index (χ1) is 15.0. The molecule has 0 spiro atoms. The van der Waals surface area contributed by atoms with E-state index in [1.54, 1.807) is 0 Å². The number of halogens is 1. The minimum absolute atomic E-state index is 0.0618. The predicted octanol–water partition coefficient (Wildman–Crippen LogP) is 3.74. The lowest BCUT2D eigenvalue weighted by molar-refractivity contribution is -0.0339. The molecule has 0 amide bonds. The Hall–Kier alpha value is -1.63. The van der Waals surface area contributed by atoms with Crippen LogP contribution in [0.25, 0.3) is 0 Å². The maximum atomic E-state index is 10.8. The molecule has 0 unspecified atom stereocenters. The number of hydrogen-bond acceptors (Lipinski definition) is 5. The van der Waals surface area contributed by atoms with Crippen LogP contribution in [0, 0.1) is 0 Å². The highest BCUT2D eigenvalue weighted by molar-refractivity contribution is 6.30. The summed E-state index contributed by atoms with van der Waals surface area (Å²) >= 11 is 6.00. The Morgan fingerprint density at radius 2 is 1.68 bits per heavy atom. The summed E-state index contributed by atoms with van der Waals surface area (Å²) in [5.41, 5.74) is 1.42. The molecule has 6 heteroatoms. The van der Waals surface area contributed by atoms with E-state index in [0.717, 1.165) is 42.6 Å². The van der Waals surface area contributed by atoms with Gasteiger partial charge in [0.15, 0.2) is 0 Å². The third-order valence-electron chi connectivity index (χ3n) is 6.79. The molecule has 0 radical (unpaired) electrons. The molecular formula is C25H32ClNO4. The van der Waals surface area contributed by atoms with Crippen molar-refractivity contribution in [1.29, 1.82) is 0 Å². The molecule has 4 rings (SSSR count). The highest BCUT2D eigenvalue weighted by Crippen LogP contribution is 2.34. The molecule has 1 aliphatic carbocycles. The number of rotatable bonds is 7. The molecule has 31 heavy (non-hydrogen) atoms. The minimum Gasteiger partial charge on any atom is -0.491 e. The van der Waals surface area contributed by atoms with Gasteiger partial charge in [-0.15, -0.1) is 0 Å². The standard InChI is InChI=1S/C25H32ClNO4/c26-20-8-6-19(7-9-20)22-15-27(23(16-28)24(22)29)14-18-4-10-21(11-5-18)31-17-25(30)12-2-1-3-13-25/h4-11,22-24,28-30H,1-3,12-17H2/t22-,23-,24-/m1/s1. The van der Waals surface area contributed by atoms with Gasteiger partial charge >= 0.3 is 0 Å². The van der Waals surface area contributed by atoms with Gasteiger partial charge in [0, 0.05) is 24.0 Å². The summed E-state index contributed by atoms with van der Waals surface area (Å²) in [4.78, 5) is 2.13. The second-order valence-electron chi connectivity index (χ2n) is 9.05. The topological polar surface area (TPSA) is 73.2 Å². The zero-order valence-electron chi connectivity index (χ0n) is 17.8. The average Bonchev–Trinajstić information content (AvgIpc) is 3.09. The Bertz CT molecular complexity index is 836. The number of aliphatic hydroxyl groups is 3. The number of likely N-dealkylation sites (tertiary alicyclic amines) is 1. The first-order valence-electron chi connectivity index (χ1n) is 11.2. The molecule has 3 N–H and O–H groups in total. The molecule has 2 aliphatic rings. The molecule has 1 saturated heterocycles. The van der Waals surface area contributed by atoms with Crippen molar-refractivity contribution in [2.75, 3.05) is 19.8 Å². The molecular weight excluding hydrogens is 414 g/mol. The van der Waals surface area contributed by atoms with Crippen molar-refractivity contribution >= 4 is 11.6 Å². The Labute approximate surface area is 189 Å². The second-order valence-corrected chi connectivity index (χ2v) is 9.48. The predicted molar refractivity (Wildman–Crippen MR) is 121 cm³/mol. The van der Waals surface area contributed by atoms with Crippen molar-refractivity contribution in [2.24, 2.45) is 0 Å². The molecule has 2 aromatic carbocycles. The van der Waals surface area contributed by atoms with Gasteiger partial charge in [-0.05, 0) is 48.2 Å². The first kappa shape index (κ1) is 22.6. The second kappa shape index (κ2) is 9.88.